The van der Waals surface area contributed by atoms with E-state index in [1.54, 1.807) is 22.8 Å². The minimum Gasteiger partial charge on any atom is -0.340 e. The fraction of sp³-hybridized carbons (Fsp3) is 0.417. The summed E-state index contributed by atoms with van der Waals surface area (Å²) in [5.41, 5.74) is 0.853. The van der Waals surface area contributed by atoms with Gasteiger partial charge in [-0.15, -0.1) is 0 Å². The van der Waals surface area contributed by atoms with Crippen LogP contribution in [0.2, 0.25) is 0 Å². The Morgan fingerprint density at radius 3 is 2.81 bits per heavy atom. The van der Waals surface area contributed by atoms with Gasteiger partial charge in [0.05, 0.1) is 17.2 Å². The zero-order valence-electron chi connectivity index (χ0n) is 11.8. The number of nitrogens with zero attached hydrogens (tertiary/aromatic N) is 6. The third kappa shape index (κ3) is 3.65. The highest BCUT2D eigenvalue weighted by Crippen LogP contribution is 2.09. The van der Waals surface area contributed by atoms with Crippen LogP contribution in [0.5, 0.6) is 0 Å². The van der Waals surface area contributed by atoms with Crippen LogP contribution in [0.15, 0.2) is 24.7 Å². The number of hydrogen-bond donors (Lipinski definition) is 0. The molecule has 0 radical (unpaired) electrons. The molecule has 0 aromatic carbocycles. The van der Waals surface area contributed by atoms with E-state index in [-0.39, 0.29) is 18.0 Å². The van der Waals surface area contributed by atoms with Crippen molar-refractivity contribution >= 4 is 11.6 Å². The van der Waals surface area contributed by atoms with Gasteiger partial charge in [-0.05, 0) is 6.07 Å². The van der Waals surface area contributed by atoms with Gasteiger partial charge in [0.15, 0.2) is 0 Å². The van der Waals surface area contributed by atoms with Crippen molar-refractivity contribution in [2.45, 2.75) is 19.5 Å². The van der Waals surface area contributed by atoms with Crippen molar-refractivity contribution < 1.29 is 9.72 Å². The Morgan fingerprint density at radius 1 is 1.48 bits per heavy atom. The maximum Gasteiger partial charge on any atom is 0.306 e. The molecule has 0 saturated heterocycles. The van der Waals surface area contributed by atoms with Gasteiger partial charge < -0.3 is 4.90 Å². The topological polar surface area (TPSA) is 99.1 Å². The molecule has 9 heteroatoms. The van der Waals surface area contributed by atoms with Crippen molar-refractivity contribution in [3.8, 4) is 0 Å². The molecule has 112 valence electrons. The van der Waals surface area contributed by atoms with E-state index in [9.17, 15) is 14.9 Å². The molecular formula is C12H16N6O3. The second-order valence-electron chi connectivity index (χ2n) is 4.66. The first-order valence-electron chi connectivity index (χ1n) is 6.35. The van der Waals surface area contributed by atoms with Crippen molar-refractivity contribution in [3.63, 3.8) is 0 Å². The molecule has 0 aliphatic rings. The normalized spacial score (nSPS) is 10.6. The molecule has 2 aromatic rings. The number of amides is 1. The van der Waals surface area contributed by atoms with E-state index in [1.807, 2.05) is 13.1 Å². The van der Waals surface area contributed by atoms with Gasteiger partial charge in [-0.1, -0.05) is 0 Å². The van der Waals surface area contributed by atoms with Gasteiger partial charge in [0.2, 0.25) is 5.91 Å². The lowest BCUT2D eigenvalue weighted by Gasteiger charge is -2.17. The van der Waals surface area contributed by atoms with Gasteiger partial charge in [-0.2, -0.15) is 10.2 Å². The molecule has 21 heavy (non-hydrogen) atoms. The van der Waals surface area contributed by atoms with Crippen LogP contribution in [0.3, 0.4) is 0 Å². The average molecular weight is 292 g/mol. The monoisotopic (exact) mass is 292 g/mol. The van der Waals surface area contributed by atoms with Crippen molar-refractivity contribution in [2.75, 3.05) is 7.05 Å². The minimum absolute atomic E-state index is 0.0608. The minimum atomic E-state index is -0.514. The molecule has 0 atom stereocenters. The van der Waals surface area contributed by atoms with Crippen LogP contribution in [0, 0.1) is 10.1 Å². The Kier molecular flexibility index (Phi) is 4.31. The Labute approximate surface area is 120 Å². The molecule has 1 amide bonds. The molecule has 0 spiro atoms. The van der Waals surface area contributed by atoms with Gasteiger partial charge in [-0.3, -0.25) is 24.3 Å². The number of aryl methyl sites for hydroxylation is 2. The summed E-state index contributed by atoms with van der Waals surface area (Å²) >= 11 is 0. The first kappa shape index (κ1) is 14.7. The van der Waals surface area contributed by atoms with Crippen LogP contribution >= 0.6 is 0 Å². The second kappa shape index (κ2) is 6.16. The molecule has 0 bridgehead atoms. The summed E-state index contributed by atoms with van der Waals surface area (Å²) in [5, 5.41) is 18.4. The molecule has 0 saturated carbocycles. The molecule has 0 unspecified atom stereocenters. The lowest BCUT2D eigenvalue weighted by Crippen LogP contribution is -2.28. The van der Waals surface area contributed by atoms with Crippen LogP contribution in [0.4, 0.5) is 5.69 Å². The first-order valence-corrected chi connectivity index (χ1v) is 6.35. The van der Waals surface area contributed by atoms with E-state index in [1.165, 1.54) is 17.1 Å². The molecule has 0 N–H and O–H groups in total. The number of carbonyl (C=O) groups excluding carboxylic acids is 1. The summed E-state index contributed by atoms with van der Waals surface area (Å²) in [6.45, 7) is 0.775. The molecule has 2 heterocycles. The maximum atomic E-state index is 12.0. The quantitative estimate of drug-likeness (QED) is 0.572. The summed E-state index contributed by atoms with van der Waals surface area (Å²) in [4.78, 5) is 23.6. The lowest BCUT2D eigenvalue weighted by molar-refractivity contribution is -0.385. The summed E-state index contributed by atoms with van der Waals surface area (Å²) < 4.78 is 3.11. The van der Waals surface area contributed by atoms with Crippen LogP contribution in [0.25, 0.3) is 0 Å². The number of rotatable bonds is 6. The predicted octanol–water partition coefficient (Wildman–Crippen LogP) is 0.573. The maximum absolute atomic E-state index is 12.0. The van der Waals surface area contributed by atoms with E-state index in [4.69, 9.17) is 0 Å². The highest BCUT2D eigenvalue weighted by molar-refractivity contribution is 5.75. The smallest absolute Gasteiger partial charge is 0.306 e. The molecule has 2 aromatic heterocycles. The van der Waals surface area contributed by atoms with Crippen molar-refractivity contribution in [1.29, 1.82) is 0 Å². The van der Waals surface area contributed by atoms with E-state index >= 15 is 0 Å². The molecule has 0 fully saturated rings. The Balaban J connectivity index is 1.86. The van der Waals surface area contributed by atoms with Crippen molar-refractivity contribution in [2.24, 2.45) is 7.05 Å². The number of nitro groups is 1. The Hall–Kier alpha value is -2.71. The highest BCUT2D eigenvalue weighted by Gasteiger charge is 2.13. The Bertz CT molecular complexity index is 647. The van der Waals surface area contributed by atoms with Crippen LogP contribution < -0.4 is 0 Å². The number of carbonyl (C=O) groups is 1. The summed E-state index contributed by atoms with van der Waals surface area (Å²) in [5.74, 6) is -0.0608. The van der Waals surface area contributed by atoms with Gasteiger partial charge in [0.1, 0.15) is 12.4 Å². The summed E-state index contributed by atoms with van der Waals surface area (Å²) in [6, 6.07) is 1.85. The predicted molar refractivity (Wildman–Crippen MR) is 73.2 cm³/mol. The van der Waals surface area contributed by atoms with Crippen molar-refractivity contribution in [1.82, 2.24) is 24.5 Å². The van der Waals surface area contributed by atoms with Crippen LogP contribution in [-0.4, -0.2) is 42.3 Å². The van der Waals surface area contributed by atoms with E-state index in [2.05, 4.69) is 10.2 Å². The Morgan fingerprint density at radius 2 is 2.24 bits per heavy atom. The van der Waals surface area contributed by atoms with Gasteiger partial charge in [0.25, 0.3) is 0 Å². The summed E-state index contributed by atoms with van der Waals surface area (Å²) in [7, 11) is 3.53. The molecular weight excluding hydrogens is 276 g/mol. The second-order valence-corrected chi connectivity index (χ2v) is 4.66. The summed E-state index contributed by atoms with van der Waals surface area (Å²) in [6.07, 6.45) is 4.39. The first-order chi connectivity index (χ1) is 9.97. The van der Waals surface area contributed by atoms with Crippen LogP contribution in [0.1, 0.15) is 12.1 Å². The SMILES string of the molecule is CN(Cc1ccnn1C)C(=O)CCn1cc([N+](=O)[O-])cn1. The lowest BCUT2D eigenvalue weighted by atomic mass is 10.3. The largest absolute Gasteiger partial charge is 0.340 e. The van der Waals surface area contributed by atoms with Gasteiger partial charge >= 0.3 is 5.69 Å². The number of aromatic nitrogens is 4. The third-order valence-corrected chi connectivity index (χ3v) is 3.13. The number of hydrogen-bond acceptors (Lipinski definition) is 5. The molecule has 0 aliphatic heterocycles. The highest BCUT2D eigenvalue weighted by atomic mass is 16.6. The third-order valence-electron chi connectivity index (χ3n) is 3.13. The fourth-order valence-corrected chi connectivity index (χ4v) is 1.86. The van der Waals surface area contributed by atoms with Gasteiger partial charge in [0, 0.05) is 33.3 Å². The van der Waals surface area contributed by atoms with E-state index in [0.717, 1.165) is 5.69 Å². The molecule has 0 aliphatic carbocycles. The molecule has 9 nitrogen and oxygen atoms in total. The van der Waals surface area contributed by atoms with E-state index in [0.29, 0.717) is 13.1 Å². The van der Waals surface area contributed by atoms with E-state index < -0.39 is 4.92 Å². The van der Waals surface area contributed by atoms with Crippen LogP contribution in [-0.2, 0) is 24.9 Å². The average Bonchev–Trinajstić information content (AvgIpc) is 3.06. The fourth-order valence-electron chi connectivity index (χ4n) is 1.86. The molecule has 2 rings (SSSR count). The van der Waals surface area contributed by atoms with Crippen molar-refractivity contribution in [3.05, 3.63) is 40.5 Å². The zero-order valence-corrected chi connectivity index (χ0v) is 11.8. The zero-order chi connectivity index (χ0) is 15.4. The standard InChI is InChI=1S/C12H16N6O3/c1-15(8-10-3-5-13-16(10)2)12(19)4-6-17-9-11(7-14-17)18(20)21/h3,5,7,9H,4,6,8H2,1-2H3. The van der Waals surface area contributed by atoms with Gasteiger partial charge in [-0.25, -0.2) is 0 Å².